The molecule has 11 nitrogen and oxygen atoms in total. The van der Waals surface area contributed by atoms with Gasteiger partial charge in [-0.25, -0.2) is 4.79 Å². The van der Waals surface area contributed by atoms with Crippen molar-refractivity contribution in [1.29, 1.82) is 0 Å². The van der Waals surface area contributed by atoms with Crippen molar-refractivity contribution in [2.24, 2.45) is 5.73 Å². The molecular weight excluding hydrogens is 398 g/mol. The lowest BCUT2D eigenvalue weighted by Gasteiger charge is -2.23. The van der Waals surface area contributed by atoms with E-state index in [0.717, 1.165) is 0 Å². The second kappa shape index (κ2) is 12.2. The number of rotatable bonds is 13. The number of carboxylic acid groups (broad SMARTS) is 3. The standard InChI is InChI=1S/C19H25N3O8/c20-12(6-8-15(23)24)17(27)22-14(10-11-4-2-1-3-5-11)18(28)21-13(19(29)30)7-9-16(25)26/h1-5,12-14H,6-10,20H2,(H,21,28)(H,22,27)(H,23,24)(H,25,26)(H,29,30). The minimum atomic E-state index is -1.45. The minimum Gasteiger partial charge on any atom is -0.481 e. The van der Waals surface area contributed by atoms with Crippen LogP contribution in [0.5, 0.6) is 0 Å². The number of nitrogens with two attached hydrogens (primary N) is 1. The highest BCUT2D eigenvalue weighted by molar-refractivity contribution is 5.92. The number of hydrogen-bond acceptors (Lipinski definition) is 6. The van der Waals surface area contributed by atoms with Crippen LogP contribution in [-0.4, -0.2) is 63.2 Å². The van der Waals surface area contributed by atoms with E-state index >= 15 is 0 Å². The molecule has 0 saturated heterocycles. The van der Waals surface area contributed by atoms with E-state index in [0.29, 0.717) is 5.56 Å². The van der Waals surface area contributed by atoms with Crippen LogP contribution in [0.25, 0.3) is 0 Å². The summed E-state index contributed by atoms with van der Waals surface area (Å²) in [7, 11) is 0. The summed E-state index contributed by atoms with van der Waals surface area (Å²) in [4.78, 5) is 57.6. The van der Waals surface area contributed by atoms with Crippen molar-refractivity contribution in [2.75, 3.05) is 0 Å². The molecule has 0 aliphatic heterocycles. The summed E-state index contributed by atoms with van der Waals surface area (Å²) in [6.45, 7) is 0. The molecule has 0 heterocycles. The molecule has 0 radical (unpaired) electrons. The largest absolute Gasteiger partial charge is 0.481 e. The lowest BCUT2D eigenvalue weighted by molar-refractivity contribution is -0.143. The first-order chi connectivity index (χ1) is 14.1. The van der Waals surface area contributed by atoms with Gasteiger partial charge < -0.3 is 31.7 Å². The number of nitrogens with one attached hydrogen (secondary N) is 2. The summed E-state index contributed by atoms with van der Waals surface area (Å²) in [6.07, 6.45) is -1.25. The van der Waals surface area contributed by atoms with Crippen molar-refractivity contribution in [3.05, 3.63) is 35.9 Å². The van der Waals surface area contributed by atoms with Gasteiger partial charge in [0.05, 0.1) is 6.04 Å². The molecule has 0 saturated carbocycles. The van der Waals surface area contributed by atoms with Crippen molar-refractivity contribution in [3.63, 3.8) is 0 Å². The minimum absolute atomic E-state index is 0.0231. The quantitative estimate of drug-likeness (QED) is 0.238. The van der Waals surface area contributed by atoms with Crippen molar-refractivity contribution < 1.29 is 39.3 Å². The maximum Gasteiger partial charge on any atom is 0.326 e. The van der Waals surface area contributed by atoms with Crippen LogP contribution in [-0.2, 0) is 30.4 Å². The molecule has 11 heteroatoms. The van der Waals surface area contributed by atoms with E-state index in [2.05, 4.69) is 10.6 Å². The third-order valence-corrected chi connectivity index (χ3v) is 4.18. The molecule has 0 bridgehead atoms. The summed E-state index contributed by atoms with van der Waals surface area (Å²) in [5, 5.41) is 31.3. The Labute approximate surface area is 172 Å². The Morgan fingerprint density at radius 1 is 0.800 bits per heavy atom. The van der Waals surface area contributed by atoms with Gasteiger partial charge in [-0.05, 0) is 18.4 Å². The smallest absolute Gasteiger partial charge is 0.326 e. The Kier molecular flexibility index (Phi) is 9.97. The lowest BCUT2D eigenvalue weighted by Crippen LogP contribution is -2.55. The molecular formula is C19H25N3O8. The summed E-state index contributed by atoms with van der Waals surface area (Å²) >= 11 is 0. The molecule has 3 atom stereocenters. The molecule has 0 aliphatic rings. The van der Waals surface area contributed by atoms with Gasteiger partial charge in [0, 0.05) is 19.3 Å². The summed E-state index contributed by atoms with van der Waals surface area (Å²) in [6, 6.07) is 4.79. The van der Waals surface area contributed by atoms with Gasteiger partial charge in [0.25, 0.3) is 0 Å². The molecule has 164 valence electrons. The van der Waals surface area contributed by atoms with Crippen LogP contribution in [0, 0.1) is 0 Å². The first-order valence-electron chi connectivity index (χ1n) is 9.16. The molecule has 1 aromatic rings. The molecule has 3 unspecified atom stereocenters. The lowest BCUT2D eigenvalue weighted by atomic mass is 10.0. The van der Waals surface area contributed by atoms with Gasteiger partial charge in [-0.1, -0.05) is 30.3 Å². The summed E-state index contributed by atoms with van der Waals surface area (Å²) in [5.74, 6) is -5.33. The van der Waals surface area contributed by atoms with Gasteiger partial charge in [-0.15, -0.1) is 0 Å². The molecule has 2 amide bonds. The van der Waals surface area contributed by atoms with Crippen LogP contribution in [0.3, 0.4) is 0 Å². The molecule has 30 heavy (non-hydrogen) atoms. The van der Waals surface area contributed by atoms with Gasteiger partial charge in [-0.2, -0.15) is 0 Å². The Balaban J connectivity index is 2.91. The highest BCUT2D eigenvalue weighted by Crippen LogP contribution is 2.06. The van der Waals surface area contributed by atoms with Crippen molar-refractivity contribution in [3.8, 4) is 0 Å². The number of hydrogen-bond donors (Lipinski definition) is 6. The Morgan fingerprint density at radius 3 is 1.87 bits per heavy atom. The number of carbonyl (C=O) groups is 5. The first-order valence-corrected chi connectivity index (χ1v) is 9.16. The normalized spacial score (nSPS) is 13.5. The maximum absolute atomic E-state index is 12.7. The van der Waals surface area contributed by atoms with E-state index in [1.807, 2.05) is 0 Å². The highest BCUT2D eigenvalue weighted by Gasteiger charge is 2.28. The van der Waals surface area contributed by atoms with Crippen molar-refractivity contribution >= 4 is 29.7 Å². The maximum atomic E-state index is 12.7. The molecule has 1 rings (SSSR count). The third-order valence-electron chi connectivity index (χ3n) is 4.18. The second-order valence-electron chi connectivity index (χ2n) is 6.62. The fraction of sp³-hybridized carbons (Fsp3) is 0.421. The molecule has 1 aromatic carbocycles. The fourth-order valence-electron chi connectivity index (χ4n) is 2.55. The number of benzene rings is 1. The zero-order chi connectivity index (χ0) is 22.7. The zero-order valence-corrected chi connectivity index (χ0v) is 16.1. The molecule has 0 spiro atoms. The van der Waals surface area contributed by atoms with Gasteiger partial charge in [-0.3, -0.25) is 19.2 Å². The Morgan fingerprint density at radius 2 is 1.33 bits per heavy atom. The predicted octanol–water partition coefficient (Wildman–Crippen LogP) is -0.660. The van der Waals surface area contributed by atoms with Gasteiger partial charge in [0.1, 0.15) is 12.1 Å². The Hall–Kier alpha value is -3.47. The third kappa shape index (κ3) is 9.15. The van der Waals surface area contributed by atoms with Crippen LogP contribution in [0.15, 0.2) is 30.3 Å². The molecule has 7 N–H and O–H groups in total. The van der Waals surface area contributed by atoms with E-state index in [1.54, 1.807) is 30.3 Å². The highest BCUT2D eigenvalue weighted by atomic mass is 16.4. The van der Waals surface area contributed by atoms with E-state index in [9.17, 15) is 29.1 Å². The number of amides is 2. The average Bonchev–Trinajstić information content (AvgIpc) is 2.68. The monoisotopic (exact) mass is 423 g/mol. The molecule has 0 fully saturated rings. The number of aliphatic carboxylic acids is 3. The molecule has 0 aromatic heterocycles. The van der Waals surface area contributed by atoms with Crippen molar-refractivity contribution in [1.82, 2.24) is 10.6 Å². The Bertz CT molecular complexity index is 768. The average molecular weight is 423 g/mol. The second-order valence-corrected chi connectivity index (χ2v) is 6.62. The zero-order valence-electron chi connectivity index (χ0n) is 16.1. The van der Waals surface area contributed by atoms with E-state index < -0.39 is 54.3 Å². The first kappa shape index (κ1) is 24.6. The van der Waals surface area contributed by atoms with Gasteiger partial charge in [0.2, 0.25) is 11.8 Å². The number of carbonyl (C=O) groups excluding carboxylic acids is 2. The van der Waals surface area contributed by atoms with E-state index in [1.165, 1.54) is 0 Å². The van der Waals surface area contributed by atoms with Crippen molar-refractivity contribution in [2.45, 2.75) is 50.2 Å². The fourth-order valence-corrected chi connectivity index (χ4v) is 2.55. The van der Waals surface area contributed by atoms with Gasteiger partial charge in [0.15, 0.2) is 0 Å². The van der Waals surface area contributed by atoms with E-state index in [-0.39, 0.29) is 25.7 Å². The van der Waals surface area contributed by atoms with Crippen LogP contribution >= 0.6 is 0 Å². The van der Waals surface area contributed by atoms with E-state index in [4.69, 9.17) is 15.9 Å². The van der Waals surface area contributed by atoms with Crippen LogP contribution in [0.1, 0.15) is 31.2 Å². The predicted molar refractivity (Wildman–Crippen MR) is 103 cm³/mol. The van der Waals surface area contributed by atoms with Crippen LogP contribution in [0.2, 0.25) is 0 Å². The van der Waals surface area contributed by atoms with Crippen LogP contribution < -0.4 is 16.4 Å². The van der Waals surface area contributed by atoms with Crippen LogP contribution in [0.4, 0.5) is 0 Å². The summed E-state index contributed by atoms with van der Waals surface area (Å²) in [5.41, 5.74) is 6.35. The van der Waals surface area contributed by atoms with Gasteiger partial charge >= 0.3 is 17.9 Å². The topological polar surface area (TPSA) is 196 Å². The number of carboxylic acids is 3. The molecule has 0 aliphatic carbocycles. The summed E-state index contributed by atoms with van der Waals surface area (Å²) < 4.78 is 0. The SMILES string of the molecule is NC(CCC(=O)O)C(=O)NC(Cc1ccccc1)C(=O)NC(CCC(=O)O)C(=O)O.